The molecule has 33 heavy (non-hydrogen) atoms. The SMILES string of the molecule is CCN(CC)C(=O)c1ccc(Cc2cccc(OC)c2N2CC(C)NCC2(C)C)cc1.Cl.Cl. The second kappa shape index (κ2) is 12.5. The predicted octanol–water partition coefficient (Wildman–Crippen LogP) is 5.19. The Kier molecular flexibility index (Phi) is 11.0. The molecule has 0 bridgehead atoms. The maximum atomic E-state index is 12.6. The fourth-order valence-corrected chi connectivity index (χ4v) is 4.36. The van der Waals surface area contributed by atoms with Gasteiger partial charge in [0.1, 0.15) is 5.75 Å². The van der Waals surface area contributed by atoms with Gasteiger partial charge in [-0.15, -0.1) is 24.8 Å². The Balaban J connectivity index is 0.00000272. The summed E-state index contributed by atoms with van der Waals surface area (Å²) in [6.45, 7) is 14.1. The number of rotatable bonds is 7. The summed E-state index contributed by atoms with van der Waals surface area (Å²) < 4.78 is 5.79. The van der Waals surface area contributed by atoms with Gasteiger partial charge in [0.15, 0.2) is 0 Å². The number of halogens is 2. The Bertz CT molecular complexity index is 899. The van der Waals surface area contributed by atoms with Crippen LogP contribution < -0.4 is 15.0 Å². The predicted molar refractivity (Wildman–Crippen MR) is 143 cm³/mol. The second-order valence-corrected chi connectivity index (χ2v) is 9.02. The molecule has 1 aliphatic heterocycles. The number of methoxy groups -OCH3 is 1. The summed E-state index contributed by atoms with van der Waals surface area (Å²) in [6, 6.07) is 14.8. The first-order chi connectivity index (χ1) is 14.8. The molecule has 0 spiro atoms. The van der Waals surface area contributed by atoms with Crippen LogP contribution in [0.4, 0.5) is 5.69 Å². The number of benzene rings is 2. The zero-order valence-corrected chi connectivity index (χ0v) is 22.3. The van der Waals surface area contributed by atoms with Crippen molar-refractivity contribution < 1.29 is 9.53 Å². The highest BCUT2D eigenvalue weighted by Crippen LogP contribution is 2.38. The highest BCUT2D eigenvalue weighted by Gasteiger charge is 2.35. The van der Waals surface area contributed by atoms with Gasteiger partial charge < -0.3 is 19.9 Å². The van der Waals surface area contributed by atoms with Crippen molar-refractivity contribution in [3.8, 4) is 5.75 Å². The Morgan fingerprint density at radius 1 is 1.12 bits per heavy atom. The van der Waals surface area contributed by atoms with E-state index in [1.165, 1.54) is 16.8 Å². The molecule has 0 saturated carbocycles. The van der Waals surface area contributed by atoms with Crippen molar-refractivity contribution in [2.75, 3.05) is 38.2 Å². The minimum Gasteiger partial charge on any atom is -0.495 e. The van der Waals surface area contributed by atoms with Gasteiger partial charge in [0.05, 0.1) is 12.8 Å². The third kappa shape index (κ3) is 6.56. The monoisotopic (exact) mass is 495 g/mol. The fraction of sp³-hybridized carbons (Fsp3) is 0.500. The van der Waals surface area contributed by atoms with Gasteiger partial charge in [-0.1, -0.05) is 24.3 Å². The van der Waals surface area contributed by atoms with E-state index in [0.717, 1.165) is 43.9 Å². The van der Waals surface area contributed by atoms with Crippen LogP contribution >= 0.6 is 24.8 Å². The zero-order chi connectivity index (χ0) is 22.6. The largest absolute Gasteiger partial charge is 0.495 e. The van der Waals surface area contributed by atoms with E-state index in [1.807, 2.05) is 36.9 Å². The van der Waals surface area contributed by atoms with E-state index in [9.17, 15) is 4.79 Å². The van der Waals surface area contributed by atoms with Crippen LogP contribution in [0.3, 0.4) is 0 Å². The number of amides is 1. The lowest BCUT2D eigenvalue weighted by Gasteiger charge is -2.48. The molecule has 2 aromatic carbocycles. The molecule has 0 radical (unpaired) electrons. The van der Waals surface area contributed by atoms with E-state index in [1.54, 1.807) is 7.11 Å². The summed E-state index contributed by atoms with van der Waals surface area (Å²) in [5, 5.41) is 3.60. The number of piperazine rings is 1. The third-order valence-corrected chi connectivity index (χ3v) is 6.29. The summed E-state index contributed by atoms with van der Waals surface area (Å²) in [5.74, 6) is 1.00. The molecule has 1 amide bonds. The van der Waals surface area contributed by atoms with Crippen molar-refractivity contribution in [1.29, 1.82) is 0 Å². The van der Waals surface area contributed by atoms with Gasteiger partial charge in [0, 0.05) is 43.3 Å². The maximum Gasteiger partial charge on any atom is 0.253 e. The molecule has 1 unspecified atom stereocenters. The average Bonchev–Trinajstić information content (AvgIpc) is 2.76. The van der Waals surface area contributed by atoms with Gasteiger partial charge in [0.25, 0.3) is 5.91 Å². The summed E-state index contributed by atoms with van der Waals surface area (Å²) in [7, 11) is 1.74. The van der Waals surface area contributed by atoms with Crippen LogP contribution in [0.1, 0.15) is 56.1 Å². The Labute approximate surface area is 211 Å². The van der Waals surface area contributed by atoms with E-state index in [4.69, 9.17) is 4.74 Å². The number of hydrogen-bond acceptors (Lipinski definition) is 4. The number of carbonyl (C=O) groups excluding carboxylic acids is 1. The van der Waals surface area contributed by atoms with E-state index in [0.29, 0.717) is 6.04 Å². The van der Waals surface area contributed by atoms with E-state index < -0.39 is 0 Å². The first-order valence-corrected chi connectivity index (χ1v) is 11.4. The lowest BCUT2D eigenvalue weighted by atomic mass is 9.93. The first kappa shape index (κ1) is 29.1. The number of hydrogen-bond donors (Lipinski definition) is 1. The van der Waals surface area contributed by atoms with Gasteiger partial charge in [0.2, 0.25) is 0 Å². The summed E-state index contributed by atoms with van der Waals surface area (Å²) in [4.78, 5) is 17.0. The summed E-state index contributed by atoms with van der Waals surface area (Å²) in [5.41, 5.74) is 4.33. The number of anilines is 1. The van der Waals surface area contributed by atoms with E-state index >= 15 is 0 Å². The van der Waals surface area contributed by atoms with Crippen molar-refractivity contribution in [2.45, 2.75) is 52.6 Å². The van der Waals surface area contributed by atoms with Gasteiger partial charge in [-0.05, 0) is 70.4 Å². The van der Waals surface area contributed by atoms with Gasteiger partial charge in [-0.2, -0.15) is 0 Å². The van der Waals surface area contributed by atoms with Crippen molar-refractivity contribution >= 4 is 36.4 Å². The topological polar surface area (TPSA) is 44.8 Å². The fourth-order valence-electron chi connectivity index (χ4n) is 4.36. The number of carbonyl (C=O) groups is 1. The highest BCUT2D eigenvalue weighted by atomic mass is 35.5. The normalized spacial score (nSPS) is 16.9. The van der Waals surface area contributed by atoms with Crippen molar-refractivity contribution in [3.63, 3.8) is 0 Å². The molecular formula is C26H39Cl2N3O2. The minimum absolute atomic E-state index is 0. The molecule has 184 valence electrons. The lowest BCUT2D eigenvalue weighted by Crippen LogP contribution is -2.61. The van der Waals surface area contributed by atoms with Crippen molar-refractivity contribution in [2.24, 2.45) is 0 Å². The Morgan fingerprint density at radius 3 is 2.33 bits per heavy atom. The molecule has 3 rings (SSSR count). The molecule has 2 aromatic rings. The second-order valence-electron chi connectivity index (χ2n) is 9.02. The van der Waals surface area contributed by atoms with Crippen molar-refractivity contribution in [1.82, 2.24) is 10.2 Å². The summed E-state index contributed by atoms with van der Waals surface area (Å²) >= 11 is 0. The van der Waals surface area contributed by atoms with Crippen LogP contribution in [0.2, 0.25) is 0 Å². The number of nitrogens with zero attached hydrogens (tertiary/aromatic N) is 2. The molecule has 0 aromatic heterocycles. The van der Waals surface area contributed by atoms with Crippen LogP contribution in [0.15, 0.2) is 42.5 Å². The van der Waals surface area contributed by atoms with E-state index in [-0.39, 0.29) is 36.3 Å². The highest BCUT2D eigenvalue weighted by molar-refractivity contribution is 5.94. The van der Waals surface area contributed by atoms with Gasteiger partial charge in [-0.3, -0.25) is 4.79 Å². The molecule has 1 N–H and O–H groups in total. The molecule has 1 saturated heterocycles. The van der Waals surface area contributed by atoms with Crippen molar-refractivity contribution in [3.05, 3.63) is 59.2 Å². The maximum absolute atomic E-state index is 12.6. The molecule has 1 atom stereocenters. The minimum atomic E-state index is -0.0179. The molecule has 5 nitrogen and oxygen atoms in total. The van der Waals surface area contributed by atoms with Gasteiger partial charge >= 0.3 is 0 Å². The summed E-state index contributed by atoms with van der Waals surface area (Å²) in [6.07, 6.45) is 0.792. The molecule has 1 aliphatic rings. The van der Waals surface area contributed by atoms with Crippen LogP contribution in [0.25, 0.3) is 0 Å². The zero-order valence-electron chi connectivity index (χ0n) is 20.7. The lowest BCUT2D eigenvalue weighted by molar-refractivity contribution is 0.0773. The van der Waals surface area contributed by atoms with Gasteiger partial charge in [-0.25, -0.2) is 0 Å². The van der Waals surface area contributed by atoms with Crippen LogP contribution in [-0.2, 0) is 6.42 Å². The Morgan fingerprint density at radius 2 is 1.76 bits per heavy atom. The molecule has 1 fully saturated rings. The Hall–Kier alpha value is -1.95. The molecular weight excluding hydrogens is 457 g/mol. The molecule has 1 heterocycles. The van der Waals surface area contributed by atoms with Crippen LogP contribution in [0, 0.1) is 0 Å². The van der Waals surface area contributed by atoms with Crippen LogP contribution in [-0.4, -0.2) is 55.7 Å². The quantitative estimate of drug-likeness (QED) is 0.573. The smallest absolute Gasteiger partial charge is 0.253 e. The molecule has 7 heteroatoms. The number of para-hydroxylation sites is 1. The standard InChI is InChI=1S/C26H37N3O2.2ClH/c1-7-28(8-2)25(30)21-14-12-20(13-15-21)16-22-10-9-11-23(31-6)24(22)29-17-19(3)27-18-26(29,4)5;;/h9-15,19,27H,7-8,16-18H2,1-6H3;2*1H. The van der Waals surface area contributed by atoms with E-state index in [2.05, 4.69) is 55.3 Å². The van der Waals surface area contributed by atoms with Crippen LogP contribution in [0.5, 0.6) is 5.75 Å². The average molecular weight is 497 g/mol. The third-order valence-electron chi connectivity index (χ3n) is 6.29. The number of ether oxygens (including phenoxy) is 1. The molecule has 0 aliphatic carbocycles. The number of nitrogens with one attached hydrogen (secondary N) is 1. The first-order valence-electron chi connectivity index (χ1n) is 11.4.